The molecule has 0 fully saturated rings. The van der Waals surface area contributed by atoms with Crippen LogP contribution in [0, 0.1) is 0 Å². The number of carboxylic acid groups (broad SMARTS) is 1. The van der Waals surface area contributed by atoms with Crippen molar-refractivity contribution in [2.45, 2.75) is 25.3 Å². The summed E-state index contributed by atoms with van der Waals surface area (Å²) in [5, 5.41) is 16.3. The number of hydrazone groups is 1. The summed E-state index contributed by atoms with van der Waals surface area (Å²) in [5.74, 6) is -1.49. The van der Waals surface area contributed by atoms with Gasteiger partial charge in [-0.05, 0) is 41.5 Å². The van der Waals surface area contributed by atoms with Gasteiger partial charge in [0.05, 0.1) is 23.7 Å². The van der Waals surface area contributed by atoms with Gasteiger partial charge in [-0.15, -0.1) is 0 Å². The number of fused-ring (bicyclic) bond motifs is 1. The van der Waals surface area contributed by atoms with Crippen molar-refractivity contribution < 1.29 is 14.7 Å². The number of H-pyrrole nitrogens is 1. The molecule has 0 saturated heterocycles. The molecule has 2 N–H and O–H groups in total. The first-order chi connectivity index (χ1) is 17.8. The maximum absolute atomic E-state index is 13.5. The van der Waals surface area contributed by atoms with Gasteiger partial charge in [0.25, 0.3) is 5.56 Å². The second kappa shape index (κ2) is 10.3. The quantitative estimate of drug-likeness (QED) is 0.286. The Morgan fingerprint density at radius 2 is 1.76 bits per heavy atom. The number of halogens is 2. The number of pyridine rings is 1. The monoisotopic (exact) mass is 577 g/mol. The molecule has 0 radical (unpaired) electrons. The van der Waals surface area contributed by atoms with Gasteiger partial charge in [0.15, 0.2) is 0 Å². The first-order valence-corrected chi connectivity index (χ1v) is 12.8. The maximum Gasteiger partial charge on any atom is 0.303 e. The summed E-state index contributed by atoms with van der Waals surface area (Å²) in [6, 6.07) is 21.8. The van der Waals surface area contributed by atoms with E-state index in [-0.39, 0.29) is 24.8 Å². The predicted octanol–water partition coefficient (Wildman–Crippen LogP) is 6.15. The van der Waals surface area contributed by atoms with E-state index >= 15 is 0 Å². The molecule has 5 rings (SSSR count). The van der Waals surface area contributed by atoms with E-state index < -0.39 is 17.9 Å². The molecule has 0 aliphatic carbocycles. The number of aromatic amines is 1. The highest BCUT2D eigenvalue weighted by molar-refractivity contribution is 9.10. The molecule has 2 heterocycles. The Hall–Kier alpha value is -3.75. The molecule has 1 aliphatic heterocycles. The van der Waals surface area contributed by atoms with Crippen LogP contribution in [0.2, 0.25) is 5.02 Å². The van der Waals surface area contributed by atoms with E-state index in [0.717, 1.165) is 21.0 Å². The zero-order valence-corrected chi connectivity index (χ0v) is 21.8. The maximum atomic E-state index is 13.5. The Kier molecular flexibility index (Phi) is 6.95. The first kappa shape index (κ1) is 24.9. The van der Waals surface area contributed by atoms with Crippen LogP contribution in [-0.4, -0.2) is 32.7 Å². The van der Waals surface area contributed by atoms with Crippen LogP contribution in [0.3, 0.4) is 0 Å². The Bertz CT molecular complexity index is 1600. The van der Waals surface area contributed by atoms with E-state index in [2.05, 4.69) is 26.0 Å². The molecule has 186 valence electrons. The number of nitrogens with one attached hydrogen (secondary N) is 1. The van der Waals surface area contributed by atoms with Crippen molar-refractivity contribution in [3.05, 3.63) is 104 Å². The lowest BCUT2D eigenvalue weighted by molar-refractivity contribution is -0.141. The molecule has 3 aromatic carbocycles. The SMILES string of the molecule is O=C(O)CCC(=O)N1N=C(c2c(-c3ccccc3)c3cc(Cl)ccc3[nH]c2=O)CC1c1ccc(Br)cc1. The van der Waals surface area contributed by atoms with Gasteiger partial charge < -0.3 is 10.1 Å². The minimum absolute atomic E-state index is 0.200. The summed E-state index contributed by atoms with van der Waals surface area (Å²) in [6.45, 7) is 0. The van der Waals surface area contributed by atoms with E-state index in [1.165, 1.54) is 5.01 Å². The molecule has 1 amide bonds. The van der Waals surface area contributed by atoms with Gasteiger partial charge in [-0.2, -0.15) is 5.10 Å². The Balaban J connectivity index is 1.69. The minimum atomic E-state index is -1.06. The molecule has 1 unspecified atom stereocenters. The predicted molar refractivity (Wildman–Crippen MR) is 147 cm³/mol. The number of hydrogen-bond acceptors (Lipinski definition) is 4. The summed E-state index contributed by atoms with van der Waals surface area (Å²) >= 11 is 9.77. The van der Waals surface area contributed by atoms with Crippen LogP contribution in [0.4, 0.5) is 0 Å². The van der Waals surface area contributed by atoms with Crippen LogP contribution < -0.4 is 5.56 Å². The smallest absolute Gasteiger partial charge is 0.303 e. The lowest BCUT2D eigenvalue weighted by Crippen LogP contribution is -2.27. The number of aromatic nitrogens is 1. The topological polar surface area (TPSA) is 103 Å². The third kappa shape index (κ3) is 5.08. The van der Waals surface area contributed by atoms with Crippen LogP contribution in [0.5, 0.6) is 0 Å². The number of carbonyl (C=O) groups excluding carboxylic acids is 1. The normalized spacial score (nSPS) is 15.1. The molecule has 0 spiro atoms. The van der Waals surface area contributed by atoms with Crippen LogP contribution >= 0.6 is 27.5 Å². The van der Waals surface area contributed by atoms with Crippen molar-refractivity contribution >= 4 is 56.0 Å². The van der Waals surface area contributed by atoms with Crippen LogP contribution in [0.15, 0.2) is 87.2 Å². The van der Waals surface area contributed by atoms with Crippen LogP contribution in [0.1, 0.15) is 36.4 Å². The number of benzene rings is 3. The van der Waals surface area contributed by atoms with Crippen LogP contribution in [-0.2, 0) is 9.59 Å². The van der Waals surface area contributed by atoms with Crippen molar-refractivity contribution in [2.24, 2.45) is 5.10 Å². The molecule has 9 heteroatoms. The van der Waals surface area contributed by atoms with Crippen LogP contribution in [0.25, 0.3) is 22.0 Å². The van der Waals surface area contributed by atoms with E-state index in [4.69, 9.17) is 16.7 Å². The minimum Gasteiger partial charge on any atom is -0.481 e. The number of carboxylic acids is 1. The number of hydrogen-bond donors (Lipinski definition) is 2. The highest BCUT2D eigenvalue weighted by atomic mass is 79.9. The zero-order valence-electron chi connectivity index (χ0n) is 19.4. The third-order valence-electron chi connectivity index (χ3n) is 6.30. The summed E-state index contributed by atoms with van der Waals surface area (Å²) in [7, 11) is 0. The summed E-state index contributed by atoms with van der Waals surface area (Å²) in [6.07, 6.45) is -0.221. The molecule has 4 aromatic rings. The largest absolute Gasteiger partial charge is 0.481 e. The summed E-state index contributed by atoms with van der Waals surface area (Å²) < 4.78 is 0.883. The molecule has 0 bridgehead atoms. The van der Waals surface area contributed by atoms with E-state index in [1.54, 1.807) is 18.2 Å². The van der Waals surface area contributed by atoms with Gasteiger partial charge in [-0.1, -0.05) is 70.0 Å². The lowest BCUT2D eigenvalue weighted by atomic mass is 9.91. The molecular formula is C28H21BrClN3O4. The Morgan fingerprint density at radius 3 is 2.46 bits per heavy atom. The van der Waals surface area contributed by atoms with Gasteiger partial charge in [0.1, 0.15) is 0 Å². The zero-order chi connectivity index (χ0) is 26.1. The van der Waals surface area contributed by atoms with Crippen molar-refractivity contribution in [1.29, 1.82) is 0 Å². The fourth-order valence-electron chi connectivity index (χ4n) is 4.61. The Labute approximate surface area is 225 Å². The molecule has 0 saturated carbocycles. The van der Waals surface area contributed by atoms with Crippen molar-refractivity contribution in [2.75, 3.05) is 0 Å². The fraction of sp³-hybridized carbons (Fsp3) is 0.143. The van der Waals surface area contributed by atoms with Gasteiger partial charge in [0.2, 0.25) is 5.91 Å². The van der Waals surface area contributed by atoms with Gasteiger partial charge in [-0.3, -0.25) is 14.4 Å². The van der Waals surface area contributed by atoms with Crippen molar-refractivity contribution in [1.82, 2.24) is 9.99 Å². The number of carbonyl (C=O) groups is 2. The number of rotatable bonds is 6. The lowest BCUT2D eigenvalue weighted by Gasteiger charge is -2.22. The fourth-order valence-corrected chi connectivity index (χ4v) is 5.05. The van der Waals surface area contributed by atoms with E-state index in [0.29, 0.717) is 27.4 Å². The summed E-state index contributed by atoms with van der Waals surface area (Å²) in [4.78, 5) is 40.7. The average Bonchev–Trinajstić information content (AvgIpc) is 3.32. The summed E-state index contributed by atoms with van der Waals surface area (Å²) in [5.41, 5.74) is 3.42. The molecule has 7 nitrogen and oxygen atoms in total. The average molecular weight is 579 g/mol. The third-order valence-corrected chi connectivity index (χ3v) is 7.06. The number of nitrogens with zero attached hydrogens (tertiary/aromatic N) is 2. The molecule has 37 heavy (non-hydrogen) atoms. The Morgan fingerprint density at radius 1 is 1.03 bits per heavy atom. The molecule has 1 aromatic heterocycles. The first-order valence-electron chi connectivity index (χ1n) is 11.6. The second-order valence-electron chi connectivity index (χ2n) is 8.71. The van der Waals surface area contributed by atoms with Crippen molar-refractivity contribution in [3.8, 4) is 11.1 Å². The number of aliphatic carboxylic acids is 1. The molecular weight excluding hydrogens is 558 g/mol. The second-order valence-corrected chi connectivity index (χ2v) is 10.1. The molecule has 1 atom stereocenters. The van der Waals surface area contributed by atoms with Gasteiger partial charge in [0, 0.05) is 38.8 Å². The van der Waals surface area contributed by atoms with E-state index in [9.17, 15) is 14.4 Å². The number of amides is 1. The standard InChI is InChI=1S/C28H21BrClN3O4/c29-18-8-6-16(7-9-18)23-15-22(32-33(23)24(34)12-13-25(35)36)27-26(17-4-2-1-3-5-17)20-14-19(30)10-11-21(20)31-28(27)37/h1-11,14,23H,12-13,15H2,(H,31,37)(H,35,36). The molecule has 1 aliphatic rings. The highest BCUT2D eigenvalue weighted by Gasteiger charge is 2.35. The van der Waals surface area contributed by atoms with Crippen molar-refractivity contribution in [3.63, 3.8) is 0 Å². The highest BCUT2D eigenvalue weighted by Crippen LogP contribution is 2.38. The van der Waals surface area contributed by atoms with E-state index in [1.807, 2.05) is 54.6 Å². The van der Waals surface area contributed by atoms with Gasteiger partial charge in [-0.25, -0.2) is 5.01 Å². The van der Waals surface area contributed by atoms with Gasteiger partial charge >= 0.3 is 5.97 Å².